The number of benzene rings is 1. The van der Waals surface area contributed by atoms with E-state index in [1.54, 1.807) is 12.1 Å². The molecule has 0 unspecified atom stereocenters. The molecule has 1 aromatic rings. The number of ketones is 1. The summed E-state index contributed by atoms with van der Waals surface area (Å²) in [6, 6.07) is 4.86. The molecule has 2 atom stereocenters. The monoisotopic (exact) mass is 434 g/mol. The van der Waals surface area contributed by atoms with Crippen LogP contribution in [0.25, 0.3) is 0 Å². The van der Waals surface area contributed by atoms with E-state index in [0.717, 1.165) is 6.42 Å². The molecule has 0 aliphatic carbocycles. The summed E-state index contributed by atoms with van der Waals surface area (Å²) in [5, 5.41) is 15.4. The van der Waals surface area contributed by atoms with E-state index in [2.05, 4.69) is 16.0 Å². The van der Waals surface area contributed by atoms with Crippen LogP contribution in [0.5, 0.6) is 0 Å². The van der Waals surface area contributed by atoms with Crippen LogP contribution >= 0.6 is 0 Å². The summed E-state index contributed by atoms with van der Waals surface area (Å²) in [5.74, 6) is -1.57. The maximum Gasteiger partial charge on any atom is 0.237 e. The van der Waals surface area contributed by atoms with Crippen LogP contribution in [0.4, 0.5) is 4.39 Å². The molecule has 8 nitrogen and oxygen atoms in total. The third-order valence-corrected chi connectivity index (χ3v) is 4.83. The van der Waals surface area contributed by atoms with E-state index < -0.39 is 23.3 Å². The average molecular weight is 435 g/mol. The number of hydrogen-bond donors (Lipinski definition) is 4. The Morgan fingerprint density at radius 2 is 1.90 bits per heavy atom. The number of carbonyl (C=O) groups excluding carboxylic acids is 4. The molecule has 31 heavy (non-hydrogen) atoms. The van der Waals surface area contributed by atoms with E-state index in [1.165, 1.54) is 19.1 Å². The molecular formula is C22H31FN4O4. The van der Waals surface area contributed by atoms with Crippen LogP contribution in [0.15, 0.2) is 24.3 Å². The molecule has 0 saturated heterocycles. The number of unbranched alkanes of at least 4 members (excludes halogenated alkanes) is 1. The van der Waals surface area contributed by atoms with Crippen LogP contribution in [0, 0.1) is 11.2 Å². The van der Waals surface area contributed by atoms with Crippen molar-refractivity contribution in [3.63, 3.8) is 0 Å². The summed E-state index contributed by atoms with van der Waals surface area (Å²) >= 11 is 0. The summed E-state index contributed by atoms with van der Waals surface area (Å²) < 4.78 is 13.0. The lowest BCUT2D eigenvalue weighted by molar-refractivity contribution is -0.126. The fourth-order valence-electron chi connectivity index (χ4n) is 3.07. The highest BCUT2D eigenvalue weighted by Crippen LogP contribution is 2.13. The third-order valence-electron chi connectivity index (χ3n) is 4.83. The first-order chi connectivity index (χ1) is 14.7. The lowest BCUT2D eigenvalue weighted by atomic mass is 9.93. The van der Waals surface area contributed by atoms with Crippen LogP contribution in [-0.2, 0) is 25.7 Å². The lowest BCUT2D eigenvalue weighted by Gasteiger charge is -2.31. The van der Waals surface area contributed by atoms with Crippen molar-refractivity contribution in [2.24, 2.45) is 0 Å². The van der Waals surface area contributed by atoms with Gasteiger partial charge in [0.2, 0.25) is 11.8 Å². The topological polar surface area (TPSA) is 128 Å². The number of halogens is 1. The SMILES string of the molecule is CCCC[C@](C=O)(CN[C@@H](CCC(=O)C=N)C(=O)NCc1ccc(F)cc1)NC(C)=O. The van der Waals surface area contributed by atoms with Crippen molar-refractivity contribution in [2.75, 3.05) is 6.54 Å². The van der Waals surface area contributed by atoms with E-state index in [9.17, 15) is 23.6 Å². The van der Waals surface area contributed by atoms with Gasteiger partial charge in [-0.25, -0.2) is 4.39 Å². The largest absolute Gasteiger partial charge is 0.351 e. The molecule has 1 aromatic carbocycles. The molecule has 4 N–H and O–H groups in total. The van der Waals surface area contributed by atoms with Gasteiger partial charge in [0.15, 0.2) is 5.78 Å². The van der Waals surface area contributed by atoms with Gasteiger partial charge in [-0.2, -0.15) is 0 Å². The van der Waals surface area contributed by atoms with Gasteiger partial charge in [-0.1, -0.05) is 31.9 Å². The lowest BCUT2D eigenvalue weighted by Crippen LogP contribution is -2.58. The Balaban J connectivity index is 2.88. The standard InChI is InChI=1S/C22H31FN4O4/c1-3-4-11-22(15-28,27-16(2)29)14-26-20(10-9-19(30)12-24)21(31)25-13-17-5-7-18(23)8-6-17/h5-8,12,15,20,24,26H,3-4,9-11,13-14H2,1-2H3,(H,25,31)(H,27,29)/t20-,22+/m0/s1. The predicted octanol–water partition coefficient (Wildman–Crippen LogP) is 1.66. The van der Waals surface area contributed by atoms with Gasteiger partial charge in [0.05, 0.1) is 12.3 Å². The molecule has 0 aromatic heterocycles. The molecule has 0 fully saturated rings. The minimum absolute atomic E-state index is 0.0174. The molecule has 0 radical (unpaired) electrons. The van der Waals surface area contributed by atoms with E-state index in [0.29, 0.717) is 30.9 Å². The van der Waals surface area contributed by atoms with E-state index in [-0.39, 0.29) is 37.7 Å². The molecule has 1 rings (SSSR count). The van der Waals surface area contributed by atoms with Crippen molar-refractivity contribution < 1.29 is 23.6 Å². The highest BCUT2D eigenvalue weighted by Gasteiger charge is 2.32. The summed E-state index contributed by atoms with van der Waals surface area (Å²) in [5.41, 5.74) is -0.462. The maximum absolute atomic E-state index is 13.0. The molecular weight excluding hydrogens is 403 g/mol. The highest BCUT2D eigenvalue weighted by molar-refractivity contribution is 6.26. The number of aldehydes is 1. The van der Waals surface area contributed by atoms with Gasteiger partial charge < -0.3 is 26.2 Å². The van der Waals surface area contributed by atoms with Crippen molar-refractivity contribution >= 4 is 30.1 Å². The Labute approximate surface area is 181 Å². The smallest absolute Gasteiger partial charge is 0.237 e. The Bertz CT molecular complexity index is 769. The number of Topliss-reactive ketones (excluding diaryl/α,β-unsaturated/α-hetero) is 1. The average Bonchev–Trinajstić information content (AvgIpc) is 2.76. The minimum Gasteiger partial charge on any atom is -0.351 e. The fraction of sp³-hybridized carbons (Fsp3) is 0.500. The number of hydrogen-bond acceptors (Lipinski definition) is 6. The zero-order chi connectivity index (χ0) is 23.3. The minimum atomic E-state index is -1.16. The Morgan fingerprint density at radius 1 is 1.23 bits per heavy atom. The molecule has 0 aliphatic rings. The molecule has 0 bridgehead atoms. The molecule has 9 heteroatoms. The number of carbonyl (C=O) groups is 4. The second-order valence-electron chi connectivity index (χ2n) is 7.49. The van der Waals surface area contributed by atoms with E-state index in [1.807, 2.05) is 6.92 Å². The first-order valence-corrected chi connectivity index (χ1v) is 10.3. The second-order valence-corrected chi connectivity index (χ2v) is 7.49. The van der Waals surface area contributed by atoms with Crippen LogP contribution in [0.1, 0.15) is 51.5 Å². The molecule has 0 spiro atoms. The van der Waals surface area contributed by atoms with Gasteiger partial charge >= 0.3 is 0 Å². The maximum atomic E-state index is 13.0. The van der Waals surface area contributed by atoms with Crippen LogP contribution in [0.2, 0.25) is 0 Å². The Kier molecular flexibility index (Phi) is 11.3. The molecule has 2 amide bonds. The molecule has 0 aliphatic heterocycles. The van der Waals surface area contributed by atoms with Crippen LogP contribution in [-0.4, -0.2) is 48.2 Å². The summed E-state index contributed by atoms with van der Waals surface area (Å²) in [4.78, 5) is 47.7. The number of nitrogens with one attached hydrogen (secondary N) is 4. The third kappa shape index (κ3) is 9.61. The first kappa shape index (κ1) is 26.1. The number of rotatable bonds is 15. The Hall–Kier alpha value is -2.94. The first-order valence-electron chi connectivity index (χ1n) is 10.3. The van der Waals surface area contributed by atoms with Gasteiger partial charge in [-0.05, 0) is 30.5 Å². The van der Waals surface area contributed by atoms with Gasteiger partial charge in [-0.15, -0.1) is 0 Å². The van der Waals surface area contributed by atoms with Gasteiger partial charge in [0, 0.05) is 26.4 Å². The van der Waals surface area contributed by atoms with Crippen molar-refractivity contribution in [1.82, 2.24) is 16.0 Å². The van der Waals surface area contributed by atoms with Crippen molar-refractivity contribution in [1.29, 1.82) is 5.41 Å². The van der Waals surface area contributed by atoms with Gasteiger partial charge in [-0.3, -0.25) is 14.4 Å². The normalized spacial score (nSPS) is 13.5. The zero-order valence-electron chi connectivity index (χ0n) is 18.0. The van der Waals surface area contributed by atoms with Crippen molar-refractivity contribution in [3.8, 4) is 0 Å². The summed E-state index contributed by atoms with van der Waals surface area (Å²) in [6.45, 7) is 3.46. The predicted molar refractivity (Wildman–Crippen MR) is 115 cm³/mol. The zero-order valence-corrected chi connectivity index (χ0v) is 18.0. The molecule has 0 heterocycles. The quantitative estimate of drug-likeness (QED) is 0.247. The van der Waals surface area contributed by atoms with Crippen LogP contribution < -0.4 is 16.0 Å². The van der Waals surface area contributed by atoms with Crippen molar-refractivity contribution in [2.45, 2.75) is 64.1 Å². The van der Waals surface area contributed by atoms with E-state index in [4.69, 9.17) is 5.41 Å². The highest BCUT2D eigenvalue weighted by atomic mass is 19.1. The molecule has 0 saturated carbocycles. The number of amides is 2. The van der Waals surface area contributed by atoms with E-state index >= 15 is 0 Å². The Morgan fingerprint density at radius 3 is 2.45 bits per heavy atom. The van der Waals surface area contributed by atoms with Crippen LogP contribution in [0.3, 0.4) is 0 Å². The van der Waals surface area contributed by atoms with Gasteiger partial charge in [0.25, 0.3) is 0 Å². The second kappa shape index (κ2) is 13.4. The molecule has 170 valence electrons. The van der Waals surface area contributed by atoms with Crippen molar-refractivity contribution in [3.05, 3.63) is 35.6 Å². The summed E-state index contributed by atoms with van der Waals surface area (Å²) in [7, 11) is 0. The summed E-state index contributed by atoms with van der Waals surface area (Å²) in [6.07, 6.45) is 3.40. The fourth-order valence-corrected chi connectivity index (χ4v) is 3.07. The van der Waals surface area contributed by atoms with Gasteiger partial charge in [0.1, 0.15) is 17.6 Å².